The summed E-state index contributed by atoms with van der Waals surface area (Å²) >= 11 is 0. The first-order valence-corrected chi connectivity index (χ1v) is 7.02. The quantitative estimate of drug-likeness (QED) is 0.888. The summed E-state index contributed by atoms with van der Waals surface area (Å²) in [5.74, 6) is 2.11. The second-order valence-corrected chi connectivity index (χ2v) is 5.24. The van der Waals surface area contributed by atoms with Crippen molar-refractivity contribution in [3.63, 3.8) is 0 Å². The summed E-state index contributed by atoms with van der Waals surface area (Å²) in [7, 11) is 1.73. The maximum absolute atomic E-state index is 5.13. The topological polar surface area (TPSA) is 59.0 Å². The standard InChI is InChI=1S/C14H21N5O/c1-11-16-12-3-5-18(9-13(12)17-11)10-14-15-4-6-19(14)7-8-20-2/h4,6H,3,5,7-10H2,1-2H3,(H,16,17). The lowest BCUT2D eigenvalue weighted by atomic mass is 10.1. The van der Waals surface area contributed by atoms with Crippen molar-refractivity contribution in [3.8, 4) is 0 Å². The lowest BCUT2D eigenvalue weighted by Gasteiger charge is -2.25. The second-order valence-electron chi connectivity index (χ2n) is 5.24. The highest BCUT2D eigenvalue weighted by atomic mass is 16.5. The minimum absolute atomic E-state index is 0.716. The molecule has 0 aliphatic carbocycles. The predicted octanol–water partition coefficient (Wildman–Crippen LogP) is 1.12. The molecule has 3 heterocycles. The van der Waals surface area contributed by atoms with E-state index >= 15 is 0 Å². The van der Waals surface area contributed by atoms with Crippen LogP contribution in [0.3, 0.4) is 0 Å². The number of nitrogens with zero attached hydrogens (tertiary/aromatic N) is 4. The number of fused-ring (bicyclic) bond motifs is 1. The van der Waals surface area contributed by atoms with Crippen LogP contribution in [0, 0.1) is 6.92 Å². The van der Waals surface area contributed by atoms with Gasteiger partial charge in [0.25, 0.3) is 0 Å². The fraction of sp³-hybridized carbons (Fsp3) is 0.571. The zero-order chi connectivity index (χ0) is 13.9. The normalized spacial score (nSPS) is 15.5. The molecule has 1 aliphatic heterocycles. The maximum atomic E-state index is 5.13. The van der Waals surface area contributed by atoms with Crippen LogP contribution >= 0.6 is 0 Å². The van der Waals surface area contributed by atoms with Crippen LogP contribution < -0.4 is 0 Å². The Morgan fingerprint density at radius 1 is 1.45 bits per heavy atom. The van der Waals surface area contributed by atoms with Crippen molar-refractivity contribution < 1.29 is 4.74 Å². The second kappa shape index (κ2) is 5.76. The molecule has 1 N–H and O–H groups in total. The minimum atomic E-state index is 0.716. The summed E-state index contributed by atoms with van der Waals surface area (Å²) in [6.07, 6.45) is 4.89. The van der Waals surface area contributed by atoms with Gasteiger partial charge < -0.3 is 14.3 Å². The van der Waals surface area contributed by atoms with Crippen molar-refractivity contribution in [1.29, 1.82) is 0 Å². The zero-order valence-corrected chi connectivity index (χ0v) is 12.1. The molecule has 0 saturated carbocycles. The van der Waals surface area contributed by atoms with Gasteiger partial charge in [0, 0.05) is 45.6 Å². The summed E-state index contributed by atoms with van der Waals surface area (Å²) in [4.78, 5) is 14.7. The van der Waals surface area contributed by atoms with Crippen LogP contribution in [0.4, 0.5) is 0 Å². The van der Waals surface area contributed by atoms with E-state index in [0.29, 0.717) is 6.61 Å². The van der Waals surface area contributed by atoms with E-state index in [2.05, 4.69) is 24.4 Å². The molecular formula is C14H21N5O. The maximum Gasteiger partial charge on any atom is 0.122 e. The number of nitrogens with one attached hydrogen (secondary N) is 1. The first-order valence-electron chi connectivity index (χ1n) is 7.02. The fourth-order valence-electron chi connectivity index (χ4n) is 2.71. The summed E-state index contributed by atoms with van der Waals surface area (Å²) in [6.45, 7) is 6.41. The molecule has 0 spiro atoms. The fourth-order valence-corrected chi connectivity index (χ4v) is 2.71. The third-order valence-electron chi connectivity index (χ3n) is 3.73. The van der Waals surface area contributed by atoms with Gasteiger partial charge in [-0.3, -0.25) is 4.90 Å². The molecule has 20 heavy (non-hydrogen) atoms. The van der Waals surface area contributed by atoms with Crippen LogP contribution in [0.15, 0.2) is 12.4 Å². The Hall–Kier alpha value is -1.66. The van der Waals surface area contributed by atoms with Gasteiger partial charge >= 0.3 is 0 Å². The van der Waals surface area contributed by atoms with Crippen LogP contribution in [0.1, 0.15) is 23.0 Å². The number of H-pyrrole nitrogens is 1. The van der Waals surface area contributed by atoms with Crippen LogP contribution in [0.2, 0.25) is 0 Å². The number of imidazole rings is 2. The summed E-state index contributed by atoms with van der Waals surface area (Å²) in [6, 6.07) is 0. The summed E-state index contributed by atoms with van der Waals surface area (Å²) in [5.41, 5.74) is 2.48. The molecular weight excluding hydrogens is 254 g/mol. The van der Waals surface area contributed by atoms with Crippen molar-refractivity contribution in [2.45, 2.75) is 33.0 Å². The van der Waals surface area contributed by atoms with Crippen molar-refractivity contribution in [2.24, 2.45) is 0 Å². The molecule has 0 amide bonds. The van der Waals surface area contributed by atoms with E-state index in [1.165, 1.54) is 11.4 Å². The highest BCUT2D eigenvalue weighted by Gasteiger charge is 2.20. The van der Waals surface area contributed by atoms with Crippen molar-refractivity contribution >= 4 is 0 Å². The molecule has 1 aliphatic rings. The predicted molar refractivity (Wildman–Crippen MR) is 75.2 cm³/mol. The van der Waals surface area contributed by atoms with E-state index in [-0.39, 0.29) is 0 Å². The van der Waals surface area contributed by atoms with Gasteiger partial charge in [-0.2, -0.15) is 0 Å². The van der Waals surface area contributed by atoms with Crippen molar-refractivity contribution in [3.05, 3.63) is 35.4 Å². The Morgan fingerprint density at radius 2 is 2.35 bits per heavy atom. The third-order valence-corrected chi connectivity index (χ3v) is 3.73. The van der Waals surface area contributed by atoms with Gasteiger partial charge in [-0.05, 0) is 6.92 Å². The Labute approximate surface area is 118 Å². The van der Waals surface area contributed by atoms with E-state index in [0.717, 1.165) is 44.2 Å². The average molecular weight is 275 g/mol. The number of aromatic amines is 1. The van der Waals surface area contributed by atoms with Gasteiger partial charge in [0.2, 0.25) is 0 Å². The Bertz CT molecular complexity index is 574. The number of aryl methyl sites for hydroxylation is 1. The SMILES string of the molecule is COCCn1ccnc1CN1CCc2nc(C)[nH]c2C1. The molecule has 3 rings (SSSR count). The number of hydrogen-bond donors (Lipinski definition) is 1. The lowest BCUT2D eigenvalue weighted by Crippen LogP contribution is -2.31. The van der Waals surface area contributed by atoms with Crippen LogP contribution in [-0.4, -0.2) is 44.7 Å². The number of hydrogen-bond acceptors (Lipinski definition) is 4. The smallest absolute Gasteiger partial charge is 0.122 e. The van der Waals surface area contributed by atoms with Gasteiger partial charge in [0.15, 0.2) is 0 Å². The van der Waals surface area contributed by atoms with Crippen LogP contribution in [-0.2, 0) is 30.8 Å². The van der Waals surface area contributed by atoms with E-state index in [9.17, 15) is 0 Å². The molecule has 0 atom stereocenters. The lowest BCUT2D eigenvalue weighted by molar-refractivity contribution is 0.182. The Balaban J connectivity index is 1.66. The highest BCUT2D eigenvalue weighted by Crippen LogP contribution is 2.18. The highest BCUT2D eigenvalue weighted by molar-refractivity contribution is 5.17. The number of methoxy groups -OCH3 is 1. The molecule has 0 radical (unpaired) electrons. The van der Waals surface area contributed by atoms with Crippen LogP contribution in [0.25, 0.3) is 0 Å². The zero-order valence-electron chi connectivity index (χ0n) is 12.1. The minimum Gasteiger partial charge on any atom is -0.383 e. The molecule has 6 nitrogen and oxygen atoms in total. The number of aromatic nitrogens is 4. The third kappa shape index (κ3) is 2.76. The summed E-state index contributed by atoms with van der Waals surface area (Å²) < 4.78 is 7.30. The van der Waals surface area contributed by atoms with Gasteiger partial charge in [-0.1, -0.05) is 0 Å². The largest absolute Gasteiger partial charge is 0.383 e. The van der Waals surface area contributed by atoms with Crippen LogP contribution in [0.5, 0.6) is 0 Å². The van der Waals surface area contributed by atoms with Crippen molar-refractivity contribution in [1.82, 2.24) is 24.4 Å². The monoisotopic (exact) mass is 275 g/mol. The molecule has 0 bridgehead atoms. The molecule has 0 fully saturated rings. The van der Waals surface area contributed by atoms with Crippen molar-refractivity contribution in [2.75, 3.05) is 20.3 Å². The molecule has 6 heteroatoms. The Morgan fingerprint density at radius 3 is 3.20 bits per heavy atom. The van der Waals surface area contributed by atoms with E-state index < -0.39 is 0 Å². The van der Waals surface area contributed by atoms with Gasteiger partial charge in [0.05, 0.1) is 24.5 Å². The number of rotatable bonds is 5. The first-order chi connectivity index (χ1) is 9.76. The molecule has 0 unspecified atom stereocenters. The molecule has 0 saturated heterocycles. The molecule has 0 aromatic carbocycles. The Kier molecular flexibility index (Phi) is 3.84. The number of ether oxygens (including phenoxy) is 1. The van der Waals surface area contributed by atoms with Gasteiger partial charge in [-0.25, -0.2) is 9.97 Å². The molecule has 108 valence electrons. The van der Waals surface area contributed by atoms with E-state index in [1.54, 1.807) is 7.11 Å². The van der Waals surface area contributed by atoms with Gasteiger partial charge in [0.1, 0.15) is 11.6 Å². The molecule has 2 aromatic heterocycles. The first kappa shape index (κ1) is 13.3. The summed E-state index contributed by atoms with van der Waals surface area (Å²) in [5, 5.41) is 0. The van der Waals surface area contributed by atoms with E-state index in [1.807, 2.05) is 19.3 Å². The molecule has 2 aromatic rings. The van der Waals surface area contributed by atoms with E-state index in [4.69, 9.17) is 4.74 Å². The average Bonchev–Trinajstić information content (AvgIpc) is 3.01. The van der Waals surface area contributed by atoms with Gasteiger partial charge in [-0.15, -0.1) is 0 Å².